The lowest BCUT2D eigenvalue weighted by atomic mass is 9.96. The molecule has 1 N–H and O–H groups in total. The van der Waals surface area contributed by atoms with Crippen LogP contribution >= 0.6 is 0 Å². The van der Waals surface area contributed by atoms with E-state index in [-0.39, 0.29) is 43.1 Å². The normalized spacial score (nSPS) is 28.1. The van der Waals surface area contributed by atoms with Gasteiger partial charge in [0.15, 0.2) is 6.29 Å². The topological polar surface area (TPSA) is 68.2 Å². The predicted molar refractivity (Wildman–Crippen MR) is 111 cm³/mol. The zero-order valence-electron chi connectivity index (χ0n) is 17.5. The van der Waals surface area contributed by atoms with Crippen molar-refractivity contribution < 1.29 is 24.1 Å². The number of carbonyl (C=O) groups excluding carboxylic acids is 1. The molecule has 30 heavy (non-hydrogen) atoms. The smallest absolute Gasteiger partial charge is 0.331 e. The monoisotopic (exact) mass is 409 g/mol. The first kappa shape index (κ1) is 20.8. The highest BCUT2D eigenvalue weighted by Gasteiger charge is 2.49. The Morgan fingerprint density at radius 2 is 1.93 bits per heavy atom. The summed E-state index contributed by atoms with van der Waals surface area (Å²) in [6.45, 7) is 2.14. The van der Waals surface area contributed by atoms with E-state index in [1.54, 1.807) is 20.3 Å². The van der Waals surface area contributed by atoms with Gasteiger partial charge in [-0.25, -0.2) is 4.79 Å². The fourth-order valence-corrected chi connectivity index (χ4v) is 4.80. The van der Waals surface area contributed by atoms with Gasteiger partial charge in [0, 0.05) is 43.0 Å². The summed E-state index contributed by atoms with van der Waals surface area (Å²) >= 11 is 0. The molecule has 0 radical (unpaired) electrons. The SMILES string of the molecule is COC(OC)C1CC[C@@H]2C3OC(=O)C=C3C(C#Cc3ccc(CO)cc3)=C[C@H](C)N12. The van der Waals surface area contributed by atoms with Crippen molar-refractivity contribution in [2.24, 2.45) is 0 Å². The molecular formula is C24H27NO5. The number of hydrogen-bond donors (Lipinski definition) is 1. The molecular weight excluding hydrogens is 382 g/mol. The third-order valence-corrected chi connectivity index (χ3v) is 6.14. The number of carbonyl (C=O) groups is 1. The first-order chi connectivity index (χ1) is 14.5. The van der Waals surface area contributed by atoms with E-state index in [1.165, 1.54) is 0 Å². The summed E-state index contributed by atoms with van der Waals surface area (Å²) in [4.78, 5) is 14.5. The molecule has 1 saturated heterocycles. The van der Waals surface area contributed by atoms with Gasteiger partial charge < -0.3 is 19.3 Å². The van der Waals surface area contributed by atoms with Gasteiger partial charge in [-0.15, -0.1) is 0 Å². The Kier molecular flexibility index (Phi) is 6.07. The molecule has 6 nitrogen and oxygen atoms in total. The number of hydrogen-bond acceptors (Lipinski definition) is 6. The van der Waals surface area contributed by atoms with Crippen LogP contribution in [0, 0.1) is 11.8 Å². The van der Waals surface area contributed by atoms with Crippen molar-refractivity contribution in [2.75, 3.05) is 14.2 Å². The van der Waals surface area contributed by atoms with Crippen molar-refractivity contribution >= 4 is 5.97 Å². The molecule has 3 aliphatic heterocycles. The summed E-state index contributed by atoms with van der Waals surface area (Å²) in [5, 5.41) is 9.20. The number of nitrogens with zero attached hydrogens (tertiary/aromatic N) is 1. The molecule has 158 valence electrons. The lowest BCUT2D eigenvalue weighted by Gasteiger charge is -2.37. The van der Waals surface area contributed by atoms with Crippen LogP contribution in [0.15, 0.2) is 47.6 Å². The molecule has 4 rings (SSSR count). The average molecular weight is 409 g/mol. The number of aliphatic hydroxyl groups is 1. The van der Waals surface area contributed by atoms with Gasteiger partial charge in [-0.3, -0.25) is 4.90 Å². The fourth-order valence-electron chi connectivity index (χ4n) is 4.80. The highest BCUT2D eigenvalue weighted by Crippen LogP contribution is 2.41. The Hall–Kier alpha value is -2.43. The first-order valence-electron chi connectivity index (χ1n) is 10.2. The summed E-state index contributed by atoms with van der Waals surface area (Å²) in [5.74, 6) is 6.13. The van der Waals surface area contributed by atoms with Crippen LogP contribution in [0.5, 0.6) is 0 Å². The Bertz CT molecular complexity index is 919. The van der Waals surface area contributed by atoms with Crippen LogP contribution in [-0.4, -0.2) is 60.7 Å². The number of ether oxygens (including phenoxy) is 3. The van der Waals surface area contributed by atoms with E-state index in [1.807, 2.05) is 24.3 Å². The average Bonchev–Trinajstić information content (AvgIpc) is 3.33. The Morgan fingerprint density at radius 3 is 2.60 bits per heavy atom. The van der Waals surface area contributed by atoms with Crippen molar-refractivity contribution in [3.8, 4) is 11.8 Å². The summed E-state index contributed by atoms with van der Waals surface area (Å²) in [6.07, 6.45) is 4.82. The van der Waals surface area contributed by atoms with E-state index in [0.29, 0.717) is 0 Å². The van der Waals surface area contributed by atoms with Gasteiger partial charge in [-0.1, -0.05) is 30.0 Å². The number of methoxy groups -OCH3 is 2. The van der Waals surface area contributed by atoms with Crippen LogP contribution in [0.3, 0.4) is 0 Å². The zero-order valence-corrected chi connectivity index (χ0v) is 17.5. The molecule has 0 amide bonds. The maximum Gasteiger partial charge on any atom is 0.331 e. The van der Waals surface area contributed by atoms with Gasteiger partial charge in [0.25, 0.3) is 0 Å². The Balaban J connectivity index is 1.69. The van der Waals surface area contributed by atoms with E-state index >= 15 is 0 Å². The number of esters is 1. The number of fused-ring (bicyclic) bond motifs is 3. The highest BCUT2D eigenvalue weighted by atomic mass is 16.7. The molecule has 4 atom stereocenters. The number of aliphatic hydroxyl groups excluding tert-OH is 1. The third-order valence-electron chi connectivity index (χ3n) is 6.14. The number of benzene rings is 1. The van der Waals surface area contributed by atoms with Crippen LogP contribution in [0.4, 0.5) is 0 Å². The van der Waals surface area contributed by atoms with Crippen molar-refractivity contribution in [1.29, 1.82) is 0 Å². The van der Waals surface area contributed by atoms with E-state index in [9.17, 15) is 9.90 Å². The molecule has 1 fully saturated rings. The van der Waals surface area contributed by atoms with Gasteiger partial charge in [-0.2, -0.15) is 0 Å². The van der Waals surface area contributed by atoms with Crippen LogP contribution in [0.25, 0.3) is 0 Å². The van der Waals surface area contributed by atoms with E-state index in [2.05, 4.69) is 29.7 Å². The lowest BCUT2D eigenvalue weighted by Crippen LogP contribution is -2.51. The molecule has 3 heterocycles. The van der Waals surface area contributed by atoms with Crippen LogP contribution in [0.2, 0.25) is 0 Å². The minimum absolute atomic E-state index is 0.00667. The van der Waals surface area contributed by atoms with Crippen molar-refractivity contribution in [2.45, 2.75) is 56.9 Å². The minimum Gasteiger partial charge on any atom is -0.453 e. The van der Waals surface area contributed by atoms with Gasteiger partial charge in [0.2, 0.25) is 0 Å². The van der Waals surface area contributed by atoms with Gasteiger partial charge in [0.05, 0.1) is 18.7 Å². The summed E-state index contributed by atoms with van der Waals surface area (Å²) < 4.78 is 16.8. The maximum absolute atomic E-state index is 12.1. The molecule has 0 aliphatic carbocycles. The maximum atomic E-state index is 12.1. The fraction of sp³-hybridized carbons (Fsp3) is 0.458. The molecule has 2 unspecified atom stereocenters. The summed E-state index contributed by atoms with van der Waals surface area (Å²) in [6, 6.07) is 7.71. The Morgan fingerprint density at radius 1 is 1.20 bits per heavy atom. The van der Waals surface area contributed by atoms with Crippen LogP contribution in [-0.2, 0) is 25.6 Å². The largest absolute Gasteiger partial charge is 0.453 e. The molecule has 0 saturated carbocycles. The quantitative estimate of drug-likeness (QED) is 0.467. The van der Waals surface area contributed by atoms with E-state index in [4.69, 9.17) is 14.2 Å². The number of rotatable bonds is 4. The molecule has 3 aliphatic rings. The van der Waals surface area contributed by atoms with Crippen LogP contribution in [0.1, 0.15) is 30.9 Å². The molecule has 1 aromatic carbocycles. The van der Waals surface area contributed by atoms with Crippen molar-refractivity contribution in [3.05, 3.63) is 58.7 Å². The second kappa shape index (κ2) is 8.75. The van der Waals surface area contributed by atoms with Crippen molar-refractivity contribution in [3.63, 3.8) is 0 Å². The van der Waals surface area contributed by atoms with Crippen LogP contribution < -0.4 is 0 Å². The van der Waals surface area contributed by atoms with Crippen molar-refractivity contribution in [1.82, 2.24) is 4.90 Å². The molecule has 1 aromatic rings. The molecule has 6 heteroatoms. The second-order valence-corrected chi connectivity index (χ2v) is 7.88. The highest BCUT2D eigenvalue weighted by molar-refractivity contribution is 5.88. The lowest BCUT2D eigenvalue weighted by molar-refractivity contribution is -0.153. The summed E-state index contributed by atoms with van der Waals surface area (Å²) in [5.41, 5.74) is 3.37. The standard InChI is InChI=1S/C24H27NO5/c1-15-12-18(9-8-16-4-6-17(14-26)7-5-16)19-13-22(27)30-23(19)20-10-11-21(25(15)20)24(28-2)29-3/h4-7,12-13,15,20-21,23-24,26H,10-11,14H2,1-3H3/t15-,20+,21?,23?/m0/s1. The second-order valence-electron chi connectivity index (χ2n) is 7.88. The first-order valence-corrected chi connectivity index (χ1v) is 10.2. The predicted octanol–water partition coefficient (Wildman–Crippen LogP) is 2.16. The van der Waals surface area contributed by atoms with Gasteiger partial charge in [0.1, 0.15) is 6.10 Å². The molecule has 0 bridgehead atoms. The minimum atomic E-state index is -0.340. The van der Waals surface area contributed by atoms with E-state index in [0.717, 1.165) is 35.1 Å². The molecule has 0 spiro atoms. The van der Waals surface area contributed by atoms with Gasteiger partial charge >= 0.3 is 5.97 Å². The Labute approximate surface area is 177 Å². The van der Waals surface area contributed by atoms with Gasteiger partial charge in [-0.05, 0) is 37.5 Å². The summed E-state index contributed by atoms with van der Waals surface area (Å²) in [7, 11) is 3.30. The van der Waals surface area contributed by atoms with E-state index < -0.39 is 0 Å². The molecule has 0 aromatic heterocycles. The zero-order chi connectivity index (χ0) is 21.3. The third kappa shape index (κ3) is 3.82.